The highest BCUT2D eigenvalue weighted by Crippen LogP contribution is 2.28. The number of hydrogen-bond donors (Lipinski definition) is 1. The molecule has 0 unspecified atom stereocenters. The highest BCUT2D eigenvalue weighted by atomic mass is 16.6. The number of aromatic nitrogens is 1. The summed E-state index contributed by atoms with van der Waals surface area (Å²) in [4.78, 5) is 22.5. The van der Waals surface area contributed by atoms with Crippen LogP contribution in [0.1, 0.15) is 18.2 Å². The molecule has 0 saturated carbocycles. The van der Waals surface area contributed by atoms with E-state index in [2.05, 4.69) is 10.5 Å². The summed E-state index contributed by atoms with van der Waals surface area (Å²) >= 11 is 0. The van der Waals surface area contributed by atoms with Gasteiger partial charge in [0.15, 0.2) is 17.7 Å². The number of ether oxygens (including phenoxy) is 1. The Morgan fingerprint density at radius 2 is 2.14 bits per heavy atom. The lowest BCUT2D eigenvalue weighted by atomic mass is 10.2. The molecular weight excluding hydrogens is 290 g/mol. The molecule has 8 nitrogen and oxygen atoms in total. The van der Waals surface area contributed by atoms with Gasteiger partial charge < -0.3 is 14.6 Å². The molecule has 2 rings (SSSR count). The van der Waals surface area contributed by atoms with E-state index in [1.165, 1.54) is 19.1 Å². The summed E-state index contributed by atoms with van der Waals surface area (Å²) in [5.74, 6) is 0.368. The maximum atomic E-state index is 12.0. The monoisotopic (exact) mass is 305 g/mol. The van der Waals surface area contributed by atoms with Crippen molar-refractivity contribution in [2.45, 2.75) is 26.9 Å². The van der Waals surface area contributed by atoms with Crippen LogP contribution in [0.25, 0.3) is 0 Å². The molecule has 1 aromatic carbocycles. The van der Waals surface area contributed by atoms with Crippen LogP contribution in [-0.4, -0.2) is 22.1 Å². The number of nitrogens with zero attached hydrogens (tertiary/aromatic N) is 2. The Kier molecular flexibility index (Phi) is 4.40. The largest absolute Gasteiger partial charge is 0.474 e. The molecule has 0 spiro atoms. The van der Waals surface area contributed by atoms with Crippen LogP contribution in [0.15, 0.2) is 28.8 Å². The molecule has 0 aliphatic rings. The van der Waals surface area contributed by atoms with Crippen molar-refractivity contribution in [3.8, 4) is 5.75 Å². The van der Waals surface area contributed by atoms with Crippen molar-refractivity contribution in [1.82, 2.24) is 5.16 Å². The zero-order valence-electron chi connectivity index (χ0n) is 12.3. The third kappa shape index (κ3) is 3.60. The molecule has 1 heterocycles. The van der Waals surface area contributed by atoms with Gasteiger partial charge in [-0.05, 0) is 32.4 Å². The van der Waals surface area contributed by atoms with Crippen LogP contribution in [0.5, 0.6) is 5.75 Å². The second kappa shape index (κ2) is 6.25. The fraction of sp³-hybridized carbons (Fsp3) is 0.286. The van der Waals surface area contributed by atoms with E-state index < -0.39 is 16.9 Å². The van der Waals surface area contributed by atoms with E-state index in [1.54, 1.807) is 26.0 Å². The molecule has 1 aromatic heterocycles. The van der Waals surface area contributed by atoms with Crippen LogP contribution in [-0.2, 0) is 4.79 Å². The first-order chi connectivity index (χ1) is 10.4. The van der Waals surface area contributed by atoms with Crippen molar-refractivity contribution >= 4 is 17.4 Å². The van der Waals surface area contributed by atoms with Crippen molar-refractivity contribution in [3.05, 3.63) is 45.7 Å². The third-order valence-electron chi connectivity index (χ3n) is 2.86. The minimum atomic E-state index is -0.932. The zero-order valence-corrected chi connectivity index (χ0v) is 12.3. The first-order valence-corrected chi connectivity index (χ1v) is 6.52. The lowest BCUT2D eigenvalue weighted by molar-refractivity contribution is -0.386. The second-order valence-electron chi connectivity index (χ2n) is 4.80. The normalized spacial score (nSPS) is 11.8. The molecule has 1 N–H and O–H groups in total. The van der Waals surface area contributed by atoms with Crippen molar-refractivity contribution in [3.63, 3.8) is 0 Å². The Morgan fingerprint density at radius 3 is 2.73 bits per heavy atom. The van der Waals surface area contributed by atoms with Gasteiger partial charge in [-0.3, -0.25) is 14.9 Å². The summed E-state index contributed by atoms with van der Waals surface area (Å²) in [5.41, 5.74) is 0.547. The molecule has 1 amide bonds. The molecule has 0 saturated heterocycles. The Hall–Kier alpha value is -2.90. The lowest BCUT2D eigenvalue weighted by Crippen LogP contribution is -2.30. The summed E-state index contributed by atoms with van der Waals surface area (Å²) in [6.45, 7) is 4.92. The molecule has 8 heteroatoms. The third-order valence-corrected chi connectivity index (χ3v) is 2.86. The summed E-state index contributed by atoms with van der Waals surface area (Å²) < 4.78 is 10.2. The fourth-order valence-electron chi connectivity index (χ4n) is 1.77. The van der Waals surface area contributed by atoms with Crippen LogP contribution >= 0.6 is 0 Å². The van der Waals surface area contributed by atoms with E-state index in [4.69, 9.17) is 9.26 Å². The number of carbonyl (C=O) groups is 1. The van der Waals surface area contributed by atoms with Gasteiger partial charge in [0.05, 0.1) is 4.92 Å². The number of nitro benzene ring substituents is 1. The first-order valence-electron chi connectivity index (χ1n) is 6.52. The number of amides is 1. The molecule has 0 radical (unpaired) electrons. The Bertz CT molecular complexity index is 710. The van der Waals surface area contributed by atoms with Crippen LogP contribution < -0.4 is 10.1 Å². The molecular formula is C14H15N3O5. The molecule has 0 bridgehead atoms. The lowest BCUT2D eigenvalue weighted by Gasteiger charge is -2.13. The van der Waals surface area contributed by atoms with Gasteiger partial charge in [-0.15, -0.1) is 0 Å². The maximum absolute atomic E-state index is 12.0. The Morgan fingerprint density at radius 1 is 1.41 bits per heavy atom. The smallest absolute Gasteiger partial charge is 0.311 e. The van der Waals surface area contributed by atoms with Gasteiger partial charge in [-0.1, -0.05) is 11.2 Å². The zero-order chi connectivity index (χ0) is 16.3. The van der Waals surface area contributed by atoms with Gasteiger partial charge >= 0.3 is 5.69 Å². The summed E-state index contributed by atoms with van der Waals surface area (Å²) in [6, 6.07) is 6.09. The number of anilines is 1. The topological polar surface area (TPSA) is 108 Å². The fourth-order valence-corrected chi connectivity index (χ4v) is 1.77. The molecule has 22 heavy (non-hydrogen) atoms. The van der Waals surface area contributed by atoms with E-state index in [-0.39, 0.29) is 17.3 Å². The van der Waals surface area contributed by atoms with Crippen molar-refractivity contribution in [2.75, 3.05) is 5.32 Å². The predicted octanol–water partition coefficient (Wildman–Crippen LogP) is 2.61. The quantitative estimate of drug-likeness (QED) is 0.672. The van der Waals surface area contributed by atoms with Crippen LogP contribution in [0.3, 0.4) is 0 Å². The number of benzene rings is 1. The summed E-state index contributed by atoms with van der Waals surface area (Å²) in [5, 5.41) is 17.2. The van der Waals surface area contributed by atoms with E-state index in [0.29, 0.717) is 5.76 Å². The van der Waals surface area contributed by atoms with E-state index >= 15 is 0 Å². The minimum Gasteiger partial charge on any atom is -0.474 e. The van der Waals surface area contributed by atoms with Gasteiger partial charge in [0.2, 0.25) is 0 Å². The van der Waals surface area contributed by atoms with Gasteiger partial charge in [0, 0.05) is 12.1 Å². The Balaban J connectivity index is 2.09. The highest BCUT2D eigenvalue weighted by molar-refractivity contribution is 5.93. The average Bonchev–Trinajstić information content (AvgIpc) is 2.85. The van der Waals surface area contributed by atoms with E-state index in [0.717, 1.165) is 5.56 Å². The van der Waals surface area contributed by atoms with Crippen LogP contribution in [0.4, 0.5) is 11.5 Å². The van der Waals surface area contributed by atoms with Crippen molar-refractivity contribution in [2.24, 2.45) is 0 Å². The number of hydrogen-bond acceptors (Lipinski definition) is 6. The molecule has 0 aliphatic carbocycles. The number of nitro groups is 1. The average molecular weight is 305 g/mol. The van der Waals surface area contributed by atoms with E-state index in [9.17, 15) is 14.9 Å². The van der Waals surface area contributed by atoms with Gasteiger partial charge in [-0.25, -0.2) is 0 Å². The number of nitrogens with one attached hydrogen (secondary N) is 1. The predicted molar refractivity (Wildman–Crippen MR) is 77.8 cm³/mol. The van der Waals surface area contributed by atoms with Gasteiger partial charge in [-0.2, -0.15) is 0 Å². The van der Waals surface area contributed by atoms with Crippen molar-refractivity contribution in [1.29, 1.82) is 0 Å². The molecule has 1 atom stereocenters. The molecule has 116 valence electrons. The SMILES string of the molecule is Cc1ccc(O[C@H](C)C(=O)Nc2cc(C)on2)c([N+](=O)[O-])c1. The number of aryl methyl sites for hydroxylation is 2. The number of rotatable bonds is 5. The van der Waals surface area contributed by atoms with Crippen LogP contribution in [0.2, 0.25) is 0 Å². The maximum Gasteiger partial charge on any atom is 0.311 e. The second-order valence-corrected chi connectivity index (χ2v) is 4.80. The standard InChI is InChI=1S/C14H15N3O5/c1-8-4-5-12(11(6-8)17(19)20)21-10(3)14(18)15-13-7-9(2)22-16-13/h4-7,10H,1-3H3,(H,15,16,18)/t10-/m1/s1. The summed E-state index contributed by atoms with van der Waals surface area (Å²) in [6.07, 6.45) is -0.932. The molecule has 2 aromatic rings. The first kappa shape index (κ1) is 15.5. The van der Waals surface area contributed by atoms with Gasteiger partial charge in [0.25, 0.3) is 5.91 Å². The molecule has 0 fully saturated rings. The minimum absolute atomic E-state index is 0.0367. The highest BCUT2D eigenvalue weighted by Gasteiger charge is 2.22. The van der Waals surface area contributed by atoms with E-state index in [1.807, 2.05) is 0 Å². The summed E-state index contributed by atoms with van der Waals surface area (Å²) in [7, 11) is 0. The number of carbonyl (C=O) groups excluding carboxylic acids is 1. The Labute approximate surface area is 126 Å². The van der Waals surface area contributed by atoms with Crippen LogP contribution in [0, 0.1) is 24.0 Å². The van der Waals surface area contributed by atoms with Gasteiger partial charge in [0.1, 0.15) is 5.76 Å². The molecule has 0 aliphatic heterocycles. The van der Waals surface area contributed by atoms with Crippen molar-refractivity contribution < 1.29 is 19.0 Å².